The maximum atomic E-state index is 12.7. The SMILES string of the molecule is CCCN(Cc1ccc(-c2ccccc2-c2nnnn2C(c2ccccc2)(c2ccccc2)c2ccccc2)cc1)c1ncnc2c1ncn2CC(=O)OC(C)(C)C. The lowest BCUT2D eigenvalue weighted by Gasteiger charge is -2.36. The lowest BCUT2D eigenvalue weighted by atomic mass is 9.77. The van der Waals surface area contributed by atoms with Crippen LogP contribution in [0.25, 0.3) is 33.7 Å². The molecule has 0 aliphatic heterocycles. The number of esters is 1. The molecule has 8 rings (SSSR count). The molecular formula is C47H45N9O2. The van der Waals surface area contributed by atoms with Gasteiger partial charge >= 0.3 is 5.97 Å². The number of rotatable bonds is 13. The molecule has 290 valence electrons. The molecule has 3 aromatic heterocycles. The molecule has 58 heavy (non-hydrogen) atoms. The molecule has 0 saturated carbocycles. The van der Waals surface area contributed by atoms with E-state index in [2.05, 4.69) is 141 Å². The highest BCUT2D eigenvalue weighted by atomic mass is 16.6. The third-order valence-electron chi connectivity index (χ3n) is 10.1. The van der Waals surface area contributed by atoms with Crippen LogP contribution in [0.1, 0.15) is 56.4 Å². The van der Waals surface area contributed by atoms with Crippen LogP contribution >= 0.6 is 0 Å². The fraction of sp³-hybridized carbons (Fsp3) is 0.213. The smallest absolute Gasteiger partial charge is 0.326 e. The van der Waals surface area contributed by atoms with Crippen molar-refractivity contribution < 1.29 is 9.53 Å². The summed E-state index contributed by atoms with van der Waals surface area (Å²) in [6.45, 7) is 9.07. The molecule has 0 aliphatic carbocycles. The first kappa shape index (κ1) is 37.9. The van der Waals surface area contributed by atoms with Crippen LogP contribution in [-0.4, -0.2) is 57.8 Å². The Balaban J connectivity index is 1.14. The number of aromatic nitrogens is 8. The van der Waals surface area contributed by atoms with Gasteiger partial charge in [0.25, 0.3) is 0 Å². The monoisotopic (exact) mass is 767 g/mol. The predicted octanol–water partition coefficient (Wildman–Crippen LogP) is 8.75. The van der Waals surface area contributed by atoms with Gasteiger partial charge in [-0.25, -0.2) is 19.6 Å². The molecular weight excluding hydrogens is 723 g/mol. The normalized spacial score (nSPS) is 11.8. The van der Waals surface area contributed by atoms with Gasteiger partial charge in [0.15, 0.2) is 22.8 Å². The average Bonchev–Trinajstić information content (AvgIpc) is 3.90. The van der Waals surface area contributed by atoms with E-state index in [1.54, 1.807) is 10.9 Å². The molecule has 11 heteroatoms. The topological polar surface area (TPSA) is 117 Å². The molecule has 0 saturated heterocycles. The van der Waals surface area contributed by atoms with Gasteiger partial charge < -0.3 is 14.2 Å². The Bertz CT molecular complexity index is 2520. The number of nitrogens with zero attached hydrogens (tertiary/aromatic N) is 9. The maximum absolute atomic E-state index is 12.7. The minimum Gasteiger partial charge on any atom is -0.459 e. The van der Waals surface area contributed by atoms with E-state index in [0.29, 0.717) is 23.5 Å². The minimum atomic E-state index is -0.875. The van der Waals surface area contributed by atoms with Crippen molar-refractivity contribution in [3.8, 4) is 22.5 Å². The number of hydrogen-bond acceptors (Lipinski definition) is 9. The number of fused-ring (bicyclic) bond motifs is 1. The predicted molar refractivity (Wildman–Crippen MR) is 226 cm³/mol. The minimum absolute atomic E-state index is 0.0130. The second-order valence-electron chi connectivity index (χ2n) is 15.2. The summed E-state index contributed by atoms with van der Waals surface area (Å²) >= 11 is 0. The molecule has 3 heterocycles. The van der Waals surface area contributed by atoms with Crippen molar-refractivity contribution >= 4 is 23.0 Å². The zero-order valence-electron chi connectivity index (χ0n) is 33.1. The quantitative estimate of drug-likeness (QED) is 0.0839. The van der Waals surface area contributed by atoms with Crippen molar-refractivity contribution in [1.29, 1.82) is 0 Å². The Labute approximate surface area is 338 Å². The summed E-state index contributed by atoms with van der Waals surface area (Å²) in [5.74, 6) is 1.01. The number of hydrogen-bond donors (Lipinski definition) is 0. The molecule has 0 unspecified atom stereocenters. The number of carbonyl (C=O) groups excluding carboxylic acids is 1. The molecule has 0 atom stereocenters. The van der Waals surface area contributed by atoms with E-state index in [1.807, 2.05) is 55.8 Å². The zero-order valence-corrected chi connectivity index (χ0v) is 33.1. The molecule has 0 amide bonds. The fourth-order valence-electron chi connectivity index (χ4n) is 7.68. The van der Waals surface area contributed by atoms with Gasteiger partial charge in [0.05, 0.1) is 6.33 Å². The van der Waals surface area contributed by atoms with Crippen molar-refractivity contribution in [2.75, 3.05) is 11.4 Å². The third-order valence-corrected chi connectivity index (χ3v) is 10.1. The second-order valence-corrected chi connectivity index (χ2v) is 15.2. The van der Waals surface area contributed by atoms with Gasteiger partial charge in [-0.3, -0.25) is 4.79 Å². The summed E-state index contributed by atoms with van der Waals surface area (Å²) in [5, 5.41) is 13.9. The number of anilines is 1. The number of benzene rings is 5. The van der Waals surface area contributed by atoms with Crippen LogP contribution in [0.2, 0.25) is 0 Å². The molecule has 0 spiro atoms. The Kier molecular flexibility index (Phi) is 10.6. The van der Waals surface area contributed by atoms with Crippen LogP contribution in [0.3, 0.4) is 0 Å². The summed E-state index contributed by atoms with van der Waals surface area (Å²) < 4.78 is 9.23. The van der Waals surface area contributed by atoms with Crippen LogP contribution in [-0.2, 0) is 28.2 Å². The summed E-state index contributed by atoms with van der Waals surface area (Å²) in [4.78, 5) is 28.7. The first-order chi connectivity index (χ1) is 28.3. The Morgan fingerprint density at radius 2 is 1.29 bits per heavy atom. The van der Waals surface area contributed by atoms with E-state index in [1.165, 1.54) is 6.33 Å². The highest BCUT2D eigenvalue weighted by molar-refractivity contribution is 5.85. The number of carbonyl (C=O) groups is 1. The van der Waals surface area contributed by atoms with Gasteiger partial charge in [-0.2, -0.15) is 0 Å². The molecule has 0 N–H and O–H groups in total. The van der Waals surface area contributed by atoms with Crippen LogP contribution in [0.15, 0.2) is 152 Å². The zero-order chi connectivity index (χ0) is 40.1. The van der Waals surface area contributed by atoms with Crippen molar-refractivity contribution in [2.45, 2.75) is 58.3 Å². The lowest BCUT2D eigenvalue weighted by Crippen LogP contribution is -2.39. The molecule has 8 aromatic rings. The standard InChI is InChI=1S/C47H45N9O2/c1-5-29-54(44-42-45(49-32-48-44)55(33-50-42)31-41(57)58-46(2,3)4)30-34-25-27-35(28-26-34)39-23-15-16-24-40(39)43-51-52-53-56(43)47(36-17-9-6-10-18-36,37-19-11-7-12-20-37)38-21-13-8-14-22-38/h6-28,32-33H,5,29-31H2,1-4H3. The van der Waals surface area contributed by atoms with E-state index in [4.69, 9.17) is 15.0 Å². The molecule has 0 radical (unpaired) electrons. The van der Waals surface area contributed by atoms with Crippen LogP contribution in [0, 0.1) is 0 Å². The van der Waals surface area contributed by atoms with Gasteiger partial charge in [-0.1, -0.05) is 146 Å². The lowest BCUT2D eigenvalue weighted by molar-refractivity contribution is -0.155. The molecule has 11 nitrogen and oxygen atoms in total. The Morgan fingerprint density at radius 3 is 1.88 bits per heavy atom. The number of tetrazole rings is 1. The number of ether oxygens (including phenoxy) is 1. The molecule has 5 aromatic carbocycles. The Hall–Kier alpha value is -7.01. The van der Waals surface area contributed by atoms with Crippen molar-refractivity contribution in [3.05, 3.63) is 174 Å². The van der Waals surface area contributed by atoms with Gasteiger partial charge in [0.1, 0.15) is 24.0 Å². The number of imidazole rings is 1. The summed E-state index contributed by atoms with van der Waals surface area (Å²) in [6.07, 6.45) is 4.06. The van der Waals surface area contributed by atoms with Crippen LogP contribution in [0.4, 0.5) is 5.82 Å². The molecule has 0 aliphatic rings. The summed E-state index contributed by atoms with van der Waals surface area (Å²) in [6, 6.07) is 48.2. The molecule has 0 bridgehead atoms. The first-order valence-corrected chi connectivity index (χ1v) is 19.5. The van der Waals surface area contributed by atoms with Crippen LogP contribution in [0.5, 0.6) is 0 Å². The Morgan fingerprint density at radius 1 is 0.707 bits per heavy atom. The van der Waals surface area contributed by atoms with Gasteiger partial charge in [0, 0.05) is 18.7 Å². The summed E-state index contributed by atoms with van der Waals surface area (Å²) in [7, 11) is 0. The van der Waals surface area contributed by atoms with E-state index >= 15 is 0 Å². The highest BCUT2D eigenvalue weighted by Crippen LogP contribution is 2.43. The second kappa shape index (κ2) is 16.2. The van der Waals surface area contributed by atoms with E-state index in [-0.39, 0.29) is 12.5 Å². The van der Waals surface area contributed by atoms with Gasteiger partial charge in [-0.05, 0) is 71.0 Å². The molecule has 0 fully saturated rings. The van der Waals surface area contributed by atoms with E-state index in [0.717, 1.165) is 57.7 Å². The van der Waals surface area contributed by atoms with Gasteiger partial charge in [0.2, 0.25) is 0 Å². The summed E-state index contributed by atoms with van der Waals surface area (Å²) in [5.41, 5.74) is 6.93. The van der Waals surface area contributed by atoms with Crippen molar-refractivity contribution in [1.82, 2.24) is 39.7 Å². The van der Waals surface area contributed by atoms with Crippen molar-refractivity contribution in [3.63, 3.8) is 0 Å². The largest absolute Gasteiger partial charge is 0.459 e. The van der Waals surface area contributed by atoms with Crippen LogP contribution < -0.4 is 4.90 Å². The fourth-order valence-corrected chi connectivity index (χ4v) is 7.68. The maximum Gasteiger partial charge on any atom is 0.326 e. The van der Waals surface area contributed by atoms with Crippen molar-refractivity contribution in [2.24, 2.45) is 0 Å². The van der Waals surface area contributed by atoms with E-state index in [9.17, 15) is 4.79 Å². The first-order valence-electron chi connectivity index (χ1n) is 19.5. The van der Waals surface area contributed by atoms with E-state index < -0.39 is 11.1 Å². The third kappa shape index (κ3) is 7.46. The highest BCUT2D eigenvalue weighted by Gasteiger charge is 2.42. The van der Waals surface area contributed by atoms with Gasteiger partial charge in [-0.15, -0.1) is 5.10 Å². The average molecular weight is 768 g/mol.